The Balaban J connectivity index is 0.00000256. The summed E-state index contributed by atoms with van der Waals surface area (Å²) in [4.78, 5) is 0. The molecule has 0 spiro atoms. The summed E-state index contributed by atoms with van der Waals surface area (Å²) in [7, 11) is -1.57. The number of halogens is 1. The van der Waals surface area contributed by atoms with Crippen LogP contribution in [0.2, 0.25) is 0 Å². The fourth-order valence-electron chi connectivity index (χ4n) is 1.87. The second-order valence-corrected chi connectivity index (χ2v) is 6.23. The summed E-state index contributed by atoms with van der Waals surface area (Å²) in [6, 6.07) is 0.0776. The summed E-state index contributed by atoms with van der Waals surface area (Å²) in [5.74, 6) is 0.503. The Morgan fingerprint density at radius 2 is 2.18 bits per heavy atom. The average molecular weight is 287 g/mol. The first kappa shape index (κ1) is 17.1. The standard InChI is InChI=1S/C10H22N2O3S.ClH/c1-9-8-11-5-4-10(9)12-16(13,14)7-3-6-15-2;/h9-12H,3-8H2,1-2H3;1H. The maximum absolute atomic E-state index is 11.7. The van der Waals surface area contributed by atoms with E-state index in [2.05, 4.69) is 17.0 Å². The maximum Gasteiger partial charge on any atom is 0.211 e. The van der Waals surface area contributed by atoms with Crippen LogP contribution in [0.5, 0.6) is 0 Å². The van der Waals surface area contributed by atoms with Gasteiger partial charge in [0.1, 0.15) is 0 Å². The highest BCUT2D eigenvalue weighted by atomic mass is 35.5. The molecule has 1 fully saturated rings. The quantitative estimate of drug-likeness (QED) is 0.692. The molecule has 17 heavy (non-hydrogen) atoms. The second-order valence-electron chi connectivity index (χ2n) is 4.36. The van der Waals surface area contributed by atoms with E-state index in [0.717, 1.165) is 19.5 Å². The van der Waals surface area contributed by atoms with Crippen molar-refractivity contribution in [2.45, 2.75) is 25.8 Å². The second kappa shape index (κ2) is 8.26. The number of hydrogen-bond donors (Lipinski definition) is 2. The topological polar surface area (TPSA) is 67.4 Å². The van der Waals surface area contributed by atoms with Gasteiger partial charge in [0.2, 0.25) is 10.0 Å². The minimum Gasteiger partial charge on any atom is -0.385 e. The fraction of sp³-hybridized carbons (Fsp3) is 1.00. The molecule has 1 aliphatic rings. The van der Waals surface area contributed by atoms with Gasteiger partial charge >= 0.3 is 0 Å². The highest BCUT2D eigenvalue weighted by Crippen LogP contribution is 2.11. The minimum atomic E-state index is -3.14. The van der Waals surface area contributed by atoms with Gasteiger partial charge in [-0.05, 0) is 31.8 Å². The van der Waals surface area contributed by atoms with E-state index < -0.39 is 10.0 Å². The van der Waals surface area contributed by atoms with Gasteiger partial charge in [-0.2, -0.15) is 0 Å². The van der Waals surface area contributed by atoms with E-state index in [0.29, 0.717) is 18.9 Å². The van der Waals surface area contributed by atoms with Crippen molar-refractivity contribution >= 4 is 22.4 Å². The first-order valence-electron chi connectivity index (χ1n) is 5.75. The SMILES string of the molecule is COCCCS(=O)(=O)NC1CCNCC1C.Cl. The van der Waals surface area contributed by atoms with E-state index in [1.54, 1.807) is 7.11 Å². The molecule has 1 saturated heterocycles. The molecule has 104 valence electrons. The molecule has 0 amide bonds. The number of sulfonamides is 1. The summed E-state index contributed by atoms with van der Waals surface area (Å²) in [6.45, 7) is 4.32. The van der Waals surface area contributed by atoms with Gasteiger partial charge in [-0.3, -0.25) is 0 Å². The van der Waals surface area contributed by atoms with E-state index in [-0.39, 0.29) is 24.2 Å². The van der Waals surface area contributed by atoms with Crippen molar-refractivity contribution in [3.63, 3.8) is 0 Å². The third-order valence-electron chi connectivity index (χ3n) is 2.88. The Bertz CT molecular complexity index is 298. The van der Waals surface area contributed by atoms with Crippen molar-refractivity contribution in [2.75, 3.05) is 32.6 Å². The molecule has 0 bridgehead atoms. The molecule has 0 saturated carbocycles. The van der Waals surface area contributed by atoms with Crippen LogP contribution < -0.4 is 10.0 Å². The number of ether oxygens (including phenoxy) is 1. The number of piperidine rings is 1. The molecule has 1 rings (SSSR count). The molecule has 0 radical (unpaired) electrons. The number of methoxy groups -OCH3 is 1. The summed E-state index contributed by atoms with van der Waals surface area (Å²) in [6.07, 6.45) is 1.41. The molecule has 1 heterocycles. The first-order chi connectivity index (χ1) is 7.55. The smallest absolute Gasteiger partial charge is 0.211 e. The Hall–Kier alpha value is 0.120. The average Bonchev–Trinajstić information content (AvgIpc) is 2.21. The summed E-state index contributed by atoms with van der Waals surface area (Å²) in [5.41, 5.74) is 0. The van der Waals surface area contributed by atoms with Crippen LogP contribution in [0.4, 0.5) is 0 Å². The zero-order valence-electron chi connectivity index (χ0n) is 10.4. The van der Waals surface area contributed by atoms with E-state index in [1.807, 2.05) is 0 Å². The van der Waals surface area contributed by atoms with Crippen LogP contribution in [0.25, 0.3) is 0 Å². The Labute approximate surface area is 110 Å². The number of nitrogens with one attached hydrogen (secondary N) is 2. The zero-order chi connectivity index (χ0) is 12.0. The molecule has 5 nitrogen and oxygen atoms in total. The van der Waals surface area contributed by atoms with Crippen LogP contribution in [0, 0.1) is 5.92 Å². The van der Waals surface area contributed by atoms with Gasteiger partial charge in [0.15, 0.2) is 0 Å². The normalized spacial score (nSPS) is 25.3. The molecule has 0 aromatic rings. The monoisotopic (exact) mass is 286 g/mol. The van der Waals surface area contributed by atoms with Crippen molar-refractivity contribution in [3.05, 3.63) is 0 Å². The number of hydrogen-bond acceptors (Lipinski definition) is 4. The van der Waals surface area contributed by atoms with Gasteiger partial charge < -0.3 is 10.1 Å². The van der Waals surface area contributed by atoms with Gasteiger partial charge in [-0.15, -0.1) is 12.4 Å². The molecule has 7 heteroatoms. The summed E-state index contributed by atoms with van der Waals surface area (Å²) >= 11 is 0. The zero-order valence-corrected chi connectivity index (χ0v) is 12.1. The number of rotatable bonds is 6. The summed E-state index contributed by atoms with van der Waals surface area (Å²) < 4.78 is 31.1. The minimum absolute atomic E-state index is 0. The molecule has 0 aromatic heterocycles. The van der Waals surface area contributed by atoms with Crippen LogP contribution in [-0.4, -0.2) is 47.0 Å². The largest absolute Gasteiger partial charge is 0.385 e. The molecule has 2 N–H and O–H groups in total. The van der Waals surface area contributed by atoms with Crippen molar-refractivity contribution in [1.82, 2.24) is 10.0 Å². The fourth-order valence-corrected chi connectivity index (χ4v) is 3.30. The van der Waals surface area contributed by atoms with Gasteiger partial charge in [-0.25, -0.2) is 13.1 Å². The van der Waals surface area contributed by atoms with Gasteiger partial charge in [-0.1, -0.05) is 6.92 Å². The van der Waals surface area contributed by atoms with Gasteiger partial charge in [0.25, 0.3) is 0 Å². The molecule has 1 aliphatic heterocycles. The molecule has 0 aliphatic carbocycles. The maximum atomic E-state index is 11.7. The van der Waals surface area contributed by atoms with Gasteiger partial charge in [0, 0.05) is 19.8 Å². The van der Waals surface area contributed by atoms with Crippen LogP contribution in [0.3, 0.4) is 0 Å². The lowest BCUT2D eigenvalue weighted by molar-refractivity contribution is 0.199. The predicted octanol–water partition coefficient (Wildman–Crippen LogP) is 0.362. The Kier molecular flexibility index (Phi) is 8.32. The molecular weight excluding hydrogens is 264 g/mol. The molecule has 0 aromatic carbocycles. The van der Waals surface area contributed by atoms with E-state index in [4.69, 9.17) is 4.74 Å². The highest BCUT2D eigenvalue weighted by molar-refractivity contribution is 7.89. The molecule has 2 unspecified atom stereocenters. The van der Waals surface area contributed by atoms with Crippen molar-refractivity contribution in [3.8, 4) is 0 Å². The summed E-state index contributed by atoms with van der Waals surface area (Å²) in [5, 5.41) is 3.25. The van der Waals surface area contributed by atoms with E-state index in [9.17, 15) is 8.42 Å². The lowest BCUT2D eigenvalue weighted by Gasteiger charge is -2.29. The van der Waals surface area contributed by atoms with E-state index in [1.165, 1.54) is 0 Å². The van der Waals surface area contributed by atoms with Crippen molar-refractivity contribution < 1.29 is 13.2 Å². The van der Waals surface area contributed by atoms with Crippen molar-refractivity contribution in [1.29, 1.82) is 0 Å². The Morgan fingerprint density at radius 3 is 2.76 bits per heavy atom. The third kappa shape index (κ3) is 6.57. The third-order valence-corrected chi connectivity index (χ3v) is 4.37. The molecule has 2 atom stereocenters. The lowest BCUT2D eigenvalue weighted by Crippen LogP contribution is -2.48. The first-order valence-corrected chi connectivity index (χ1v) is 7.40. The van der Waals surface area contributed by atoms with Crippen LogP contribution in [-0.2, 0) is 14.8 Å². The Morgan fingerprint density at radius 1 is 1.47 bits per heavy atom. The van der Waals surface area contributed by atoms with Crippen molar-refractivity contribution in [2.24, 2.45) is 5.92 Å². The lowest BCUT2D eigenvalue weighted by atomic mass is 9.97. The highest BCUT2D eigenvalue weighted by Gasteiger charge is 2.25. The van der Waals surface area contributed by atoms with Crippen LogP contribution in [0.15, 0.2) is 0 Å². The predicted molar refractivity (Wildman–Crippen MR) is 71.1 cm³/mol. The molecular formula is C10H23ClN2O3S. The van der Waals surface area contributed by atoms with Gasteiger partial charge in [0.05, 0.1) is 5.75 Å². The van der Waals surface area contributed by atoms with Crippen LogP contribution in [0.1, 0.15) is 19.8 Å². The van der Waals surface area contributed by atoms with Crippen LogP contribution >= 0.6 is 12.4 Å². The van der Waals surface area contributed by atoms with E-state index >= 15 is 0 Å².